The van der Waals surface area contributed by atoms with Crippen molar-refractivity contribution < 1.29 is 19.4 Å². The summed E-state index contributed by atoms with van der Waals surface area (Å²) < 4.78 is 10.8. The molecule has 1 fully saturated rings. The van der Waals surface area contributed by atoms with E-state index in [0.717, 1.165) is 12.1 Å². The number of halogens is 1. The van der Waals surface area contributed by atoms with Crippen molar-refractivity contribution in [2.24, 2.45) is 0 Å². The molecule has 0 aromatic heterocycles. The number of carbonyl (C=O) groups excluding carboxylic acids is 1. The fraction of sp³-hybridized carbons (Fsp3) is 0.533. The van der Waals surface area contributed by atoms with Crippen LogP contribution in [0.2, 0.25) is 0 Å². The molecular formula is C15H23ClN2O4. The minimum atomic E-state index is -0.0337. The molecule has 1 aromatic carbocycles. The summed E-state index contributed by atoms with van der Waals surface area (Å²) in [6, 6.07) is 7.56. The maximum atomic E-state index is 11.9. The zero-order valence-electron chi connectivity index (χ0n) is 12.4. The summed E-state index contributed by atoms with van der Waals surface area (Å²) in [4.78, 5) is 11.9. The molecule has 1 aromatic rings. The third-order valence-electron chi connectivity index (χ3n) is 3.23. The molecule has 7 heteroatoms. The van der Waals surface area contributed by atoms with Crippen LogP contribution in [0.3, 0.4) is 0 Å². The van der Waals surface area contributed by atoms with Crippen molar-refractivity contribution in [2.45, 2.75) is 19.0 Å². The highest BCUT2D eigenvalue weighted by molar-refractivity contribution is 5.85. The predicted octanol–water partition coefficient (Wildman–Crippen LogP) is 0.474. The van der Waals surface area contributed by atoms with E-state index >= 15 is 0 Å². The largest absolute Gasteiger partial charge is 0.491 e. The van der Waals surface area contributed by atoms with Gasteiger partial charge in [0.05, 0.1) is 19.8 Å². The highest BCUT2D eigenvalue weighted by Gasteiger charge is 2.16. The first-order chi connectivity index (χ1) is 10.3. The summed E-state index contributed by atoms with van der Waals surface area (Å²) in [6.45, 7) is 2.68. The van der Waals surface area contributed by atoms with Crippen LogP contribution in [-0.4, -0.2) is 50.0 Å². The standard InChI is InChI=1S/C15H22N2O4.ClH/c18-6-8-21-14-4-2-1-3-12(14)10-17-15(19)9-13-11-20-7-5-16-13;/h1-4,13,16,18H,5-11H2,(H,17,19);1H. The fourth-order valence-electron chi connectivity index (χ4n) is 2.19. The van der Waals surface area contributed by atoms with Crippen LogP contribution in [-0.2, 0) is 16.1 Å². The molecule has 1 atom stereocenters. The van der Waals surface area contributed by atoms with Gasteiger partial charge in [0, 0.05) is 31.1 Å². The number of para-hydroxylation sites is 1. The molecule has 1 aliphatic heterocycles. The monoisotopic (exact) mass is 330 g/mol. The van der Waals surface area contributed by atoms with Gasteiger partial charge in [-0.25, -0.2) is 0 Å². The molecule has 0 bridgehead atoms. The van der Waals surface area contributed by atoms with Gasteiger partial charge < -0.3 is 25.2 Å². The lowest BCUT2D eigenvalue weighted by molar-refractivity contribution is -0.122. The van der Waals surface area contributed by atoms with Crippen LogP contribution in [0, 0.1) is 0 Å². The number of hydrogen-bond donors (Lipinski definition) is 3. The third kappa shape index (κ3) is 6.19. The molecular weight excluding hydrogens is 308 g/mol. The number of carbonyl (C=O) groups is 1. The number of morpholine rings is 1. The fourth-order valence-corrected chi connectivity index (χ4v) is 2.19. The summed E-state index contributed by atoms with van der Waals surface area (Å²) in [5.41, 5.74) is 0.896. The number of aliphatic hydroxyl groups is 1. The molecule has 0 aliphatic carbocycles. The first kappa shape index (κ1) is 18.7. The highest BCUT2D eigenvalue weighted by atomic mass is 35.5. The Balaban J connectivity index is 0.00000242. The molecule has 0 radical (unpaired) electrons. The number of ether oxygens (including phenoxy) is 2. The van der Waals surface area contributed by atoms with Gasteiger partial charge in [-0.15, -0.1) is 12.4 Å². The first-order valence-corrected chi connectivity index (χ1v) is 7.19. The second kappa shape index (κ2) is 10.4. The van der Waals surface area contributed by atoms with Crippen molar-refractivity contribution in [1.29, 1.82) is 0 Å². The third-order valence-corrected chi connectivity index (χ3v) is 3.23. The molecule has 124 valence electrons. The van der Waals surface area contributed by atoms with Crippen LogP contribution < -0.4 is 15.4 Å². The van der Waals surface area contributed by atoms with E-state index in [4.69, 9.17) is 14.6 Å². The molecule has 2 rings (SSSR count). The van der Waals surface area contributed by atoms with Crippen molar-refractivity contribution in [3.63, 3.8) is 0 Å². The highest BCUT2D eigenvalue weighted by Crippen LogP contribution is 2.17. The maximum absolute atomic E-state index is 11.9. The van der Waals surface area contributed by atoms with Crippen molar-refractivity contribution >= 4 is 18.3 Å². The van der Waals surface area contributed by atoms with Gasteiger partial charge in [0.15, 0.2) is 0 Å². The van der Waals surface area contributed by atoms with E-state index in [1.165, 1.54) is 0 Å². The van der Waals surface area contributed by atoms with Gasteiger partial charge in [-0.05, 0) is 6.07 Å². The Morgan fingerprint density at radius 3 is 3.00 bits per heavy atom. The van der Waals surface area contributed by atoms with Gasteiger partial charge in [-0.3, -0.25) is 4.79 Å². The minimum absolute atomic E-state index is 0. The Morgan fingerprint density at radius 2 is 2.27 bits per heavy atom. The zero-order valence-corrected chi connectivity index (χ0v) is 13.2. The number of aliphatic hydroxyl groups excluding tert-OH is 1. The number of benzene rings is 1. The molecule has 22 heavy (non-hydrogen) atoms. The maximum Gasteiger partial charge on any atom is 0.221 e. The Hall–Kier alpha value is -1.34. The molecule has 6 nitrogen and oxygen atoms in total. The van der Waals surface area contributed by atoms with Crippen LogP contribution in [0.1, 0.15) is 12.0 Å². The lowest BCUT2D eigenvalue weighted by atomic mass is 10.1. The van der Waals surface area contributed by atoms with Crippen molar-refractivity contribution in [2.75, 3.05) is 33.0 Å². The van der Waals surface area contributed by atoms with E-state index in [9.17, 15) is 4.79 Å². The molecule has 1 unspecified atom stereocenters. The number of hydrogen-bond acceptors (Lipinski definition) is 5. The first-order valence-electron chi connectivity index (χ1n) is 7.19. The average molecular weight is 331 g/mol. The molecule has 1 heterocycles. The average Bonchev–Trinajstić information content (AvgIpc) is 2.52. The van der Waals surface area contributed by atoms with Crippen LogP contribution in [0.5, 0.6) is 5.75 Å². The van der Waals surface area contributed by atoms with Gasteiger partial charge in [-0.1, -0.05) is 18.2 Å². The smallest absolute Gasteiger partial charge is 0.221 e. The summed E-state index contributed by atoms with van der Waals surface area (Å²) in [5, 5.41) is 14.9. The molecule has 0 spiro atoms. The van der Waals surface area contributed by atoms with E-state index in [0.29, 0.717) is 31.9 Å². The Morgan fingerprint density at radius 1 is 1.45 bits per heavy atom. The molecule has 1 aliphatic rings. The van der Waals surface area contributed by atoms with Gasteiger partial charge >= 0.3 is 0 Å². The van der Waals surface area contributed by atoms with Crippen LogP contribution in [0.15, 0.2) is 24.3 Å². The molecule has 1 saturated heterocycles. The van der Waals surface area contributed by atoms with E-state index in [2.05, 4.69) is 10.6 Å². The summed E-state index contributed by atoms with van der Waals surface area (Å²) in [5.74, 6) is 0.668. The number of nitrogens with one attached hydrogen (secondary N) is 2. The van der Waals surface area contributed by atoms with Crippen molar-refractivity contribution in [3.05, 3.63) is 29.8 Å². The predicted molar refractivity (Wildman–Crippen MR) is 85.3 cm³/mol. The van der Waals surface area contributed by atoms with Crippen molar-refractivity contribution in [3.8, 4) is 5.75 Å². The van der Waals surface area contributed by atoms with Crippen LogP contribution in [0.25, 0.3) is 0 Å². The Kier molecular flexibility index (Phi) is 8.84. The Bertz CT molecular complexity index is 453. The van der Waals surface area contributed by atoms with Gasteiger partial charge in [0.2, 0.25) is 5.91 Å². The second-order valence-corrected chi connectivity index (χ2v) is 4.89. The van der Waals surface area contributed by atoms with Gasteiger partial charge in [0.25, 0.3) is 0 Å². The second-order valence-electron chi connectivity index (χ2n) is 4.89. The van der Waals surface area contributed by atoms with E-state index in [1.54, 1.807) is 0 Å². The zero-order chi connectivity index (χ0) is 14.9. The summed E-state index contributed by atoms with van der Waals surface area (Å²) in [6.07, 6.45) is 0.402. The number of rotatable bonds is 7. The summed E-state index contributed by atoms with van der Waals surface area (Å²) in [7, 11) is 0. The van der Waals surface area contributed by atoms with Crippen molar-refractivity contribution in [1.82, 2.24) is 10.6 Å². The van der Waals surface area contributed by atoms with Gasteiger partial charge in [0.1, 0.15) is 12.4 Å². The molecule has 0 saturated carbocycles. The summed E-state index contributed by atoms with van der Waals surface area (Å²) >= 11 is 0. The van der Waals surface area contributed by atoms with E-state index < -0.39 is 0 Å². The van der Waals surface area contributed by atoms with E-state index in [-0.39, 0.29) is 37.6 Å². The normalized spacial score (nSPS) is 17.4. The number of amides is 1. The van der Waals surface area contributed by atoms with Crippen LogP contribution >= 0.6 is 12.4 Å². The molecule has 1 amide bonds. The quantitative estimate of drug-likeness (QED) is 0.677. The SMILES string of the molecule is Cl.O=C(CC1COCCN1)NCc1ccccc1OCCO. The van der Waals surface area contributed by atoms with Crippen LogP contribution in [0.4, 0.5) is 0 Å². The topological polar surface area (TPSA) is 79.8 Å². The lowest BCUT2D eigenvalue weighted by Crippen LogP contribution is -2.44. The van der Waals surface area contributed by atoms with E-state index in [1.807, 2.05) is 24.3 Å². The molecule has 3 N–H and O–H groups in total. The Labute approximate surface area is 136 Å². The lowest BCUT2D eigenvalue weighted by Gasteiger charge is -2.23. The minimum Gasteiger partial charge on any atom is -0.491 e. The van der Waals surface area contributed by atoms with Gasteiger partial charge in [-0.2, -0.15) is 0 Å².